The molecule has 0 N–H and O–H groups in total. The number of aromatic nitrogens is 1. The third kappa shape index (κ3) is 3.55. The second-order valence-corrected chi connectivity index (χ2v) is 9.10. The quantitative estimate of drug-likeness (QED) is 0.819. The summed E-state index contributed by atoms with van der Waals surface area (Å²) >= 11 is 0. The maximum Gasteiger partial charge on any atom is 0.185 e. The predicted molar refractivity (Wildman–Crippen MR) is 104 cm³/mol. The van der Waals surface area contributed by atoms with E-state index in [-0.39, 0.29) is 23.5 Å². The van der Waals surface area contributed by atoms with Crippen molar-refractivity contribution in [3.8, 4) is 0 Å². The van der Waals surface area contributed by atoms with Gasteiger partial charge in [-0.2, -0.15) is 0 Å². The molecule has 0 aliphatic carbocycles. The number of nitrogens with zero attached hydrogens (tertiary/aromatic N) is 3. The van der Waals surface area contributed by atoms with Crippen molar-refractivity contribution in [3.05, 3.63) is 29.6 Å². The van der Waals surface area contributed by atoms with Crippen molar-refractivity contribution < 1.29 is 9.47 Å². The van der Waals surface area contributed by atoms with Gasteiger partial charge >= 0.3 is 0 Å². The Morgan fingerprint density at radius 3 is 2.15 bits per heavy atom. The Morgan fingerprint density at radius 2 is 1.62 bits per heavy atom. The molecule has 2 aliphatic rings. The van der Waals surface area contributed by atoms with Gasteiger partial charge in [0.2, 0.25) is 0 Å². The molecule has 2 aliphatic heterocycles. The summed E-state index contributed by atoms with van der Waals surface area (Å²) in [6.45, 7) is 17.3. The highest BCUT2D eigenvalue weighted by molar-refractivity contribution is 5.21. The topological polar surface area (TPSA) is 37.8 Å². The van der Waals surface area contributed by atoms with Crippen LogP contribution in [-0.2, 0) is 9.47 Å². The second kappa shape index (κ2) is 6.86. The van der Waals surface area contributed by atoms with Crippen LogP contribution in [0.25, 0.3) is 0 Å². The average Bonchev–Trinajstić information content (AvgIpc) is 2.79. The third-order valence-electron chi connectivity index (χ3n) is 6.69. The number of rotatable bonds is 3. The van der Waals surface area contributed by atoms with Gasteiger partial charge in [0, 0.05) is 43.0 Å². The van der Waals surface area contributed by atoms with E-state index in [9.17, 15) is 0 Å². The Labute approximate surface area is 158 Å². The lowest BCUT2D eigenvalue weighted by atomic mass is 9.90. The molecule has 0 unspecified atom stereocenters. The summed E-state index contributed by atoms with van der Waals surface area (Å²) in [5.74, 6) is 0. The van der Waals surface area contributed by atoms with Crippen LogP contribution in [0.3, 0.4) is 0 Å². The first kappa shape index (κ1) is 19.7. The van der Waals surface area contributed by atoms with Crippen molar-refractivity contribution in [3.63, 3.8) is 0 Å². The molecular formula is C21H35N3O2. The van der Waals surface area contributed by atoms with E-state index in [1.54, 1.807) is 0 Å². The fourth-order valence-electron chi connectivity index (χ4n) is 3.77. The van der Waals surface area contributed by atoms with Gasteiger partial charge < -0.3 is 9.47 Å². The minimum absolute atomic E-state index is 0.274. The first-order valence-electron chi connectivity index (χ1n) is 9.79. The molecule has 3 rings (SSSR count). The number of hydrogen-bond donors (Lipinski definition) is 0. The van der Waals surface area contributed by atoms with E-state index in [1.807, 2.05) is 12.3 Å². The average molecular weight is 362 g/mol. The van der Waals surface area contributed by atoms with Crippen LogP contribution < -0.4 is 0 Å². The fourth-order valence-corrected chi connectivity index (χ4v) is 3.77. The number of likely N-dealkylation sites (N-methyl/N-ethyl adjacent to an activating group) is 1. The summed E-state index contributed by atoms with van der Waals surface area (Å²) in [6.07, 6.45) is 1.55. The molecule has 3 atom stereocenters. The number of ether oxygens (including phenoxy) is 2. The van der Waals surface area contributed by atoms with Crippen molar-refractivity contribution in [2.45, 2.75) is 84.1 Å². The maximum absolute atomic E-state index is 6.21. The molecule has 0 bridgehead atoms. The maximum atomic E-state index is 6.21. The van der Waals surface area contributed by atoms with Crippen LogP contribution >= 0.6 is 0 Å². The number of hydrogen-bond acceptors (Lipinski definition) is 5. The Kier molecular flexibility index (Phi) is 5.21. The second-order valence-electron chi connectivity index (χ2n) is 9.10. The Bertz CT molecular complexity index is 618. The molecule has 0 aromatic carbocycles. The van der Waals surface area contributed by atoms with Gasteiger partial charge in [0.25, 0.3) is 0 Å². The van der Waals surface area contributed by atoms with Gasteiger partial charge in [-0.05, 0) is 67.6 Å². The van der Waals surface area contributed by atoms with Crippen molar-refractivity contribution >= 4 is 0 Å². The molecule has 0 spiro atoms. The molecule has 5 nitrogen and oxygen atoms in total. The largest absolute Gasteiger partial charge is 0.339 e. The lowest BCUT2D eigenvalue weighted by molar-refractivity contribution is -0.0897. The van der Waals surface area contributed by atoms with E-state index >= 15 is 0 Å². The highest BCUT2D eigenvalue weighted by Crippen LogP contribution is 2.44. The zero-order chi connectivity index (χ0) is 19.3. The van der Waals surface area contributed by atoms with Crippen LogP contribution in [-0.4, -0.2) is 58.2 Å². The Hall–Kier alpha value is -1.01. The summed E-state index contributed by atoms with van der Waals surface area (Å²) in [5, 5.41) is 0. The predicted octanol–water partition coefficient (Wildman–Crippen LogP) is 3.77. The first-order valence-corrected chi connectivity index (χ1v) is 9.79. The smallest absolute Gasteiger partial charge is 0.185 e. The minimum Gasteiger partial charge on any atom is -0.339 e. The zero-order valence-electron chi connectivity index (χ0n) is 17.6. The van der Waals surface area contributed by atoms with E-state index in [1.165, 1.54) is 0 Å². The Balaban J connectivity index is 1.78. The third-order valence-corrected chi connectivity index (χ3v) is 6.69. The summed E-state index contributed by atoms with van der Waals surface area (Å²) in [6, 6.07) is 5.53. The first-order chi connectivity index (χ1) is 12.0. The van der Waals surface area contributed by atoms with Crippen molar-refractivity contribution in [1.82, 2.24) is 14.8 Å². The molecule has 3 heterocycles. The molecule has 2 fully saturated rings. The number of pyridine rings is 1. The molecule has 1 aromatic heterocycles. The van der Waals surface area contributed by atoms with Crippen molar-refractivity contribution in [2.24, 2.45) is 0 Å². The molecule has 1 aromatic rings. The van der Waals surface area contributed by atoms with Gasteiger partial charge in [-0.25, -0.2) is 0 Å². The molecule has 0 saturated carbocycles. The Morgan fingerprint density at radius 1 is 1.08 bits per heavy atom. The van der Waals surface area contributed by atoms with Crippen molar-refractivity contribution in [2.75, 3.05) is 20.1 Å². The minimum atomic E-state index is -0.334. The van der Waals surface area contributed by atoms with Crippen LogP contribution in [0, 0.1) is 0 Å². The normalized spacial score (nSPS) is 31.2. The highest BCUT2D eigenvalue weighted by atomic mass is 16.7. The highest BCUT2D eigenvalue weighted by Gasteiger charge is 2.49. The monoisotopic (exact) mass is 361 g/mol. The van der Waals surface area contributed by atoms with Crippen LogP contribution in [0.15, 0.2) is 18.3 Å². The summed E-state index contributed by atoms with van der Waals surface area (Å²) < 4.78 is 12.4. The van der Waals surface area contributed by atoms with Crippen LogP contribution in [0.2, 0.25) is 0 Å². The van der Waals surface area contributed by atoms with Crippen molar-refractivity contribution in [1.29, 1.82) is 0 Å². The standard InChI is InChI=1S/C21H35N3O2/c1-14-12-24(13-15(2)23(14)8)16(3)18-11-17(9-10-22-18)19-25-20(4,5)21(6,7)26-19/h9-11,14-16,19H,12-13H2,1-8H3/t14-,15+,16-/m0/s1. The van der Waals surface area contributed by atoms with E-state index in [2.05, 4.69) is 76.4 Å². The summed E-state index contributed by atoms with van der Waals surface area (Å²) in [5.41, 5.74) is 1.49. The lowest BCUT2D eigenvalue weighted by Crippen LogP contribution is -2.55. The molecule has 146 valence electrons. The summed E-state index contributed by atoms with van der Waals surface area (Å²) in [7, 11) is 2.22. The van der Waals surface area contributed by atoms with E-state index in [4.69, 9.17) is 9.47 Å². The number of piperazine rings is 1. The summed E-state index contributed by atoms with van der Waals surface area (Å²) in [4.78, 5) is 9.65. The van der Waals surface area contributed by atoms with E-state index in [0.717, 1.165) is 24.3 Å². The molecule has 26 heavy (non-hydrogen) atoms. The zero-order valence-corrected chi connectivity index (χ0v) is 17.6. The molecule has 0 radical (unpaired) electrons. The van der Waals surface area contributed by atoms with Gasteiger partial charge in [0.05, 0.1) is 16.9 Å². The SMILES string of the molecule is C[C@@H]1CN([C@@H](C)c2cc(C3OC(C)(C)C(C)(C)O3)ccn2)C[C@H](C)N1C. The van der Waals surface area contributed by atoms with E-state index < -0.39 is 0 Å². The molecule has 5 heteroatoms. The molecule has 2 saturated heterocycles. The van der Waals surface area contributed by atoms with Crippen LogP contribution in [0.4, 0.5) is 0 Å². The molecular weight excluding hydrogens is 326 g/mol. The van der Waals surface area contributed by atoms with Gasteiger partial charge in [0.15, 0.2) is 6.29 Å². The van der Waals surface area contributed by atoms with Gasteiger partial charge in [-0.1, -0.05) is 0 Å². The van der Waals surface area contributed by atoms with Gasteiger partial charge in [-0.3, -0.25) is 14.8 Å². The molecule has 0 amide bonds. The van der Waals surface area contributed by atoms with Crippen LogP contribution in [0.1, 0.15) is 72.1 Å². The lowest BCUT2D eigenvalue weighted by Gasteiger charge is -2.44. The van der Waals surface area contributed by atoms with Gasteiger partial charge in [-0.15, -0.1) is 0 Å². The van der Waals surface area contributed by atoms with Gasteiger partial charge in [0.1, 0.15) is 0 Å². The van der Waals surface area contributed by atoms with Crippen LogP contribution in [0.5, 0.6) is 0 Å². The fraction of sp³-hybridized carbons (Fsp3) is 0.762. The van der Waals surface area contributed by atoms with E-state index in [0.29, 0.717) is 12.1 Å².